The van der Waals surface area contributed by atoms with Gasteiger partial charge < -0.3 is 20.3 Å². The Hall–Kier alpha value is -2.04. The fourth-order valence-electron chi connectivity index (χ4n) is 2.09. The van der Waals surface area contributed by atoms with E-state index >= 15 is 0 Å². The van der Waals surface area contributed by atoms with Crippen LogP contribution in [-0.4, -0.2) is 12.2 Å². The van der Waals surface area contributed by atoms with E-state index in [2.05, 4.69) is 0 Å². The molecule has 2 aromatic rings. The summed E-state index contributed by atoms with van der Waals surface area (Å²) in [4.78, 5) is 0. The van der Waals surface area contributed by atoms with Crippen LogP contribution < -0.4 is 15.2 Å². The standard InChI is InChI=1S/C16H19NO3/c1-11(17)16-14(19-2)8-5-9-15(16)20-13-7-4-3-6-12(13)10-18/h3-9,11,18H,10,17H2,1-2H3/t11-/m1/s1. The lowest BCUT2D eigenvalue weighted by Crippen LogP contribution is -2.09. The number of aliphatic hydroxyl groups excluding tert-OH is 1. The molecule has 0 aliphatic carbocycles. The highest BCUT2D eigenvalue weighted by Crippen LogP contribution is 2.36. The zero-order chi connectivity index (χ0) is 14.5. The van der Waals surface area contributed by atoms with E-state index < -0.39 is 0 Å². The summed E-state index contributed by atoms with van der Waals surface area (Å²) >= 11 is 0. The van der Waals surface area contributed by atoms with Crippen LogP contribution in [0.4, 0.5) is 0 Å². The summed E-state index contributed by atoms with van der Waals surface area (Å²) in [6.07, 6.45) is 0. The predicted octanol–water partition coefficient (Wildman–Crippen LogP) is 3.00. The van der Waals surface area contributed by atoms with Gasteiger partial charge in [0, 0.05) is 11.6 Å². The second-order valence-electron chi connectivity index (χ2n) is 4.53. The number of hydrogen-bond donors (Lipinski definition) is 2. The first-order valence-corrected chi connectivity index (χ1v) is 6.46. The maximum atomic E-state index is 9.35. The average molecular weight is 273 g/mol. The molecule has 20 heavy (non-hydrogen) atoms. The van der Waals surface area contributed by atoms with Crippen molar-refractivity contribution in [3.63, 3.8) is 0 Å². The molecule has 0 heterocycles. The van der Waals surface area contributed by atoms with Crippen LogP contribution in [0.2, 0.25) is 0 Å². The van der Waals surface area contributed by atoms with Gasteiger partial charge in [-0.2, -0.15) is 0 Å². The minimum absolute atomic E-state index is 0.0757. The Labute approximate surface area is 118 Å². The first kappa shape index (κ1) is 14.4. The number of nitrogens with two attached hydrogens (primary N) is 1. The Morgan fingerprint density at radius 3 is 2.35 bits per heavy atom. The van der Waals surface area contributed by atoms with Gasteiger partial charge in [0.05, 0.1) is 19.3 Å². The molecule has 0 aromatic heterocycles. The van der Waals surface area contributed by atoms with Gasteiger partial charge in [-0.05, 0) is 25.1 Å². The Balaban J connectivity index is 2.43. The molecule has 3 N–H and O–H groups in total. The van der Waals surface area contributed by atoms with Crippen LogP contribution in [0.15, 0.2) is 42.5 Å². The lowest BCUT2D eigenvalue weighted by Gasteiger charge is -2.18. The summed E-state index contributed by atoms with van der Waals surface area (Å²) in [5.41, 5.74) is 7.54. The summed E-state index contributed by atoms with van der Waals surface area (Å²) in [5, 5.41) is 9.35. The number of hydrogen-bond acceptors (Lipinski definition) is 4. The zero-order valence-electron chi connectivity index (χ0n) is 11.7. The molecule has 0 spiro atoms. The first-order valence-electron chi connectivity index (χ1n) is 6.46. The average Bonchev–Trinajstić information content (AvgIpc) is 2.47. The molecule has 0 radical (unpaired) electrons. The van der Waals surface area contributed by atoms with Gasteiger partial charge in [0.15, 0.2) is 0 Å². The Kier molecular flexibility index (Phi) is 4.61. The Morgan fingerprint density at radius 1 is 1.05 bits per heavy atom. The van der Waals surface area contributed by atoms with Crippen molar-refractivity contribution >= 4 is 0 Å². The van der Waals surface area contributed by atoms with Crippen LogP contribution in [0.3, 0.4) is 0 Å². The third-order valence-electron chi connectivity index (χ3n) is 3.06. The summed E-state index contributed by atoms with van der Waals surface area (Å²) in [7, 11) is 1.60. The van der Waals surface area contributed by atoms with Gasteiger partial charge in [-0.1, -0.05) is 24.3 Å². The van der Waals surface area contributed by atoms with Crippen LogP contribution in [0.5, 0.6) is 17.2 Å². The van der Waals surface area contributed by atoms with Crippen molar-refractivity contribution in [1.29, 1.82) is 0 Å². The molecule has 2 aromatic carbocycles. The number of rotatable bonds is 5. The Morgan fingerprint density at radius 2 is 1.70 bits per heavy atom. The van der Waals surface area contributed by atoms with E-state index in [0.29, 0.717) is 17.2 Å². The summed E-state index contributed by atoms with van der Waals surface area (Å²) in [5.74, 6) is 1.95. The predicted molar refractivity (Wildman–Crippen MR) is 78.0 cm³/mol. The smallest absolute Gasteiger partial charge is 0.135 e. The van der Waals surface area contributed by atoms with Gasteiger partial charge in [-0.3, -0.25) is 0 Å². The highest BCUT2D eigenvalue weighted by atomic mass is 16.5. The van der Waals surface area contributed by atoms with Crippen molar-refractivity contribution in [1.82, 2.24) is 0 Å². The molecule has 4 nitrogen and oxygen atoms in total. The molecular formula is C16H19NO3. The van der Waals surface area contributed by atoms with Gasteiger partial charge in [0.1, 0.15) is 17.2 Å². The van der Waals surface area contributed by atoms with Gasteiger partial charge >= 0.3 is 0 Å². The molecule has 0 bridgehead atoms. The largest absolute Gasteiger partial charge is 0.496 e. The van der Waals surface area contributed by atoms with E-state index in [1.54, 1.807) is 7.11 Å². The van der Waals surface area contributed by atoms with Crippen LogP contribution in [-0.2, 0) is 6.61 Å². The fourth-order valence-corrected chi connectivity index (χ4v) is 2.09. The summed E-state index contributed by atoms with van der Waals surface area (Å²) in [6, 6.07) is 12.7. The van der Waals surface area contributed by atoms with Crippen molar-refractivity contribution in [2.24, 2.45) is 5.73 Å². The molecular weight excluding hydrogens is 254 g/mol. The fraction of sp³-hybridized carbons (Fsp3) is 0.250. The van der Waals surface area contributed by atoms with E-state index in [1.165, 1.54) is 0 Å². The minimum atomic E-state index is -0.220. The topological polar surface area (TPSA) is 64.7 Å². The maximum Gasteiger partial charge on any atom is 0.135 e. The monoisotopic (exact) mass is 273 g/mol. The van der Waals surface area contributed by atoms with E-state index in [4.69, 9.17) is 15.2 Å². The SMILES string of the molecule is COc1cccc(Oc2ccccc2CO)c1[C@@H](C)N. The number of methoxy groups -OCH3 is 1. The van der Waals surface area contributed by atoms with E-state index in [-0.39, 0.29) is 12.6 Å². The molecule has 0 saturated heterocycles. The summed E-state index contributed by atoms with van der Waals surface area (Å²) in [6.45, 7) is 1.80. The van der Waals surface area contributed by atoms with E-state index in [9.17, 15) is 5.11 Å². The van der Waals surface area contributed by atoms with Gasteiger partial charge in [-0.25, -0.2) is 0 Å². The van der Waals surface area contributed by atoms with Crippen molar-refractivity contribution in [2.45, 2.75) is 19.6 Å². The number of benzene rings is 2. The van der Waals surface area contributed by atoms with Crippen LogP contribution in [0.25, 0.3) is 0 Å². The van der Waals surface area contributed by atoms with Crippen LogP contribution in [0.1, 0.15) is 24.1 Å². The molecule has 0 aliphatic rings. The first-order chi connectivity index (χ1) is 9.67. The lowest BCUT2D eigenvalue weighted by molar-refractivity contribution is 0.276. The molecule has 2 rings (SSSR count). The van der Waals surface area contributed by atoms with Crippen LogP contribution >= 0.6 is 0 Å². The van der Waals surface area contributed by atoms with Gasteiger partial charge in [-0.15, -0.1) is 0 Å². The Bertz CT molecular complexity index is 582. The zero-order valence-corrected chi connectivity index (χ0v) is 11.7. The third-order valence-corrected chi connectivity index (χ3v) is 3.06. The molecule has 0 aliphatic heterocycles. The number of ether oxygens (including phenoxy) is 2. The molecule has 4 heteroatoms. The van der Waals surface area contributed by atoms with Gasteiger partial charge in [0.2, 0.25) is 0 Å². The van der Waals surface area contributed by atoms with Crippen molar-refractivity contribution in [3.05, 3.63) is 53.6 Å². The molecule has 1 atom stereocenters. The second kappa shape index (κ2) is 6.41. The second-order valence-corrected chi connectivity index (χ2v) is 4.53. The highest BCUT2D eigenvalue weighted by Gasteiger charge is 2.15. The molecule has 106 valence electrons. The number of para-hydroxylation sites is 1. The molecule has 0 saturated carbocycles. The molecule has 0 amide bonds. The van der Waals surface area contributed by atoms with Gasteiger partial charge in [0.25, 0.3) is 0 Å². The maximum absolute atomic E-state index is 9.35. The van der Waals surface area contributed by atoms with Crippen LogP contribution in [0, 0.1) is 0 Å². The molecule has 0 fully saturated rings. The quantitative estimate of drug-likeness (QED) is 0.879. The summed E-state index contributed by atoms with van der Waals surface area (Å²) < 4.78 is 11.2. The minimum Gasteiger partial charge on any atom is -0.496 e. The normalized spacial score (nSPS) is 12.0. The van der Waals surface area contributed by atoms with E-state index in [1.807, 2.05) is 49.4 Å². The molecule has 0 unspecified atom stereocenters. The van der Waals surface area contributed by atoms with Crippen molar-refractivity contribution in [2.75, 3.05) is 7.11 Å². The van der Waals surface area contributed by atoms with Crippen molar-refractivity contribution < 1.29 is 14.6 Å². The lowest BCUT2D eigenvalue weighted by atomic mass is 10.1. The van der Waals surface area contributed by atoms with Crippen molar-refractivity contribution in [3.8, 4) is 17.2 Å². The highest BCUT2D eigenvalue weighted by molar-refractivity contribution is 5.49. The third kappa shape index (κ3) is 2.92. The number of aliphatic hydroxyl groups is 1. The van der Waals surface area contributed by atoms with E-state index in [0.717, 1.165) is 11.1 Å².